The Morgan fingerprint density at radius 3 is 2.62 bits per heavy atom. The number of fused-ring (bicyclic) bond motifs is 1. The number of hydrogen-bond donors (Lipinski definition) is 1. The molecular weight excluding hydrogens is 409 g/mol. The van der Waals surface area contributed by atoms with Crippen molar-refractivity contribution in [2.45, 2.75) is 19.8 Å². The van der Waals surface area contributed by atoms with E-state index in [0.29, 0.717) is 39.7 Å². The van der Waals surface area contributed by atoms with Crippen LogP contribution < -0.4 is 9.64 Å². The number of alkyl halides is 3. The number of benzene rings is 1. The zero-order valence-electron chi connectivity index (χ0n) is 15.1. The minimum absolute atomic E-state index is 0.0616. The van der Waals surface area contributed by atoms with Gasteiger partial charge in [0.05, 0.1) is 16.8 Å². The van der Waals surface area contributed by atoms with E-state index < -0.39 is 12.3 Å². The van der Waals surface area contributed by atoms with Crippen LogP contribution in [0.15, 0.2) is 30.4 Å². The summed E-state index contributed by atoms with van der Waals surface area (Å²) >= 11 is 1.28. The van der Waals surface area contributed by atoms with Crippen molar-refractivity contribution in [3.8, 4) is 5.75 Å². The largest absolute Gasteiger partial charge is 0.573 e. The Bertz CT molecular complexity index is 1110. The lowest BCUT2D eigenvalue weighted by Gasteiger charge is -2.12. The average molecular weight is 424 g/mol. The number of carboxylic acid groups (broad SMARTS) is 1. The molecule has 7 nitrogen and oxygen atoms in total. The lowest BCUT2D eigenvalue weighted by atomic mass is 10.2. The first-order valence-corrected chi connectivity index (χ1v) is 9.38. The molecule has 29 heavy (non-hydrogen) atoms. The minimum Gasteiger partial charge on any atom is -0.476 e. The molecule has 1 N–H and O–H groups in total. The standard InChI is InChI=1S/C18H15F3N4O3S/c1-10-6-13(16(26)27)23-25(10)9-11-7-12(28-18(19,20)21)8-14-15(11)22-17(29-14)24-4-2-3-5-24/h2-3,6-8H,4-5,9H2,1H3,(H,26,27). The number of thiazole rings is 1. The van der Waals surface area contributed by atoms with Gasteiger partial charge >= 0.3 is 12.3 Å². The molecule has 0 spiro atoms. The van der Waals surface area contributed by atoms with Crippen LogP contribution >= 0.6 is 11.3 Å². The van der Waals surface area contributed by atoms with E-state index >= 15 is 0 Å². The predicted octanol–water partition coefficient (Wildman–Crippen LogP) is 3.82. The van der Waals surface area contributed by atoms with Crippen LogP contribution in [0.4, 0.5) is 18.3 Å². The Morgan fingerprint density at radius 1 is 1.28 bits per heavy atom. The highest BCUT2D eigenvalue weighted by Gasteiger charge is 2.32. The molecule has 1 aliphatic rings. The summed E-state index contributed by atoms with van der Waals surface area (Å²) in [6.07, 6.45) is -0.840. The molecule has 4 rings (SSSR count). The van der Waals surface area contributed by atoms with E-state index in [1.807, 2.05) is 17.1 Å². The van der Waals surface area contributed by atoms with Gasteiger partial charge in [-0.25, -0.2) is 9.78 Å². The van der Waals surface area contributed by atoms with Crippen LogP contribution in [0.1, 0.15) is 21.7 Å². The SMILES string of the molecule is Cc1cc(C(=O)O)nn1Cc1cc(OC(F)(F)F)cc2sc(N3CC=CC3)nc12. The van der Waals surface area contributed by atoms with Gasteiger partial charge in [0.25, 0.3) is 0 Å². The van der Waals surface area contributed by atoms with Crippen molar-refractivity contribution < 1.29 is 27.8 Å². The Morgan fingerprint density at radius 2 is 2.00 bits per heavy atom. The molecule has 0 aliphatic carbocycles. The van der Waals surface area contributed by atoms with Gasteiger partial charge in [0.1, 0.15) is 5.75 Å². The van der Waals surface area contributed by atoms with Crippen LogP contribution in [0.2, 0.25) is 0 Å². The maximum absolute atomic E-state index is 12.8. The third-order valence-corrected chi connectivity index (χ3v) is 5.44. The van der Waals surface area contributed by atoms with Gasteiger partial charge in [0.15, 0.2) is 10.8 Å². The lowest BCUT2D eigenvalue weighted by molar-refractivity contribution is -0.274. The summed E-state index contributed by atoms with van der Waals surface area (Å²) < 4.78 is 44.4. The highest BCUT2D eigenvalue weighted by molar-refractivity contribution is 7.22. The number of anilines is 1. The van der Waals surface area contributed by atoms with Crippen LogP contribution in [0.5, 0.6) is 5.75 Å². The molecule has 0 amide bonds. The number of aryl methyl sites for hydroxylation is 1. The van der Waals surface area contributed by atoms with E-state index in [9.17, 15) is 18.0 Å². The van der Waals surface area contributed by atoms with Gasteiger partial charge in [-0.3, -0.25) is 4.68 Å². The number of aromatic nitrogens is 3. The third-order valence-electron chi connectivity index (χ3n) is 4.38. The lowest BCUT2D eigenvalue weighted by Crippen LogP contribution is -2.18. The average Bonchev–Trinajstić information content (AvgIpc) is 3.33. The van der Waals surface area contributed by atoms with Crippen LogP contribution in [0, 0.1) is 6.92 Å². The summed E-state index contributed by atoms with van der Waals surface area (Å²) in [5, 5.41) is 13.8. The first-order chi connectivity index (χ1) is 13.7. The molecule has 0 saturated heterocycles. The minimum atomic E-state index is -4.82. The molecule has 0 unspecified atom stereocenters. The quantitative estimate of drug-likeness (QED) is 0.628. The summed E-state index contributed by atoms with van der Waals surface area (Å²) in [6, 6.07) is 3.98. The smallest absolute Gasteiger partial charge is 0.476 e. The van der Waals surface area contributed by atoms with Crippen molar-refractivity contribution in [3.63, 3.8) is 0 Å². The summed E-state index contributed by atoms with van der Waals surface area (Å²) in [4.78, 5) is 17.8. The topological polar surface area (TPSA) is 80.5 Å². The molecule has 0 bridgehead atoms. The van der Waals surface area contributed by atoms with Gasteiger partial charge in [-0.05, 0) is 19.1 Å². The molecule has 3 heterocycles. The van der Waals surface area contributed by atoms with Gasteiger partial charge in [-0.1, -0.05) is 23.5 Å². The van der Waals surface area contributed by atoms with Crippen LogP contribution in [-0.2, 0) is 6.54 Å². The molecule has 2 aromatic heterocycles. The summed E-state index contributed by atoms with van der Waals surface area (Å²) in [7, 11) is 0. The molecule has 152 valence electrons. The summed E-state index contributed by atoms with van der Waals surface area (Å²) in [5.41, 5.74) is 1.43. The second kappa shape index (κ2) is 7.07. The highest BCUT2D eigenvalue weighted by Crippen LogP contribution is 2.36. The van der Waals surface area contributed by atoms with E-state index in [-0.39, 0.29) is 18.0 Å². The molecule has 1 aromatic carbocycles. The second-order valence-electron chi connectivity index (χ2n) is 6.48. The number of ether oxygens (including phenoxy) is 1. The Kier molecular flexibility index (Phi) is 4.69. The zero-order chi connectivity index (χ0) is 20.8. The maximum Gasteiger partial charge on any atom is 0.573 e. The van der Waals surface area contributed by atoms with Crippen molar-refractivity contribution in [2.24, 2.45) is 0 Å². The maximum atomic E-state index is 12.8. The number of rotatable bonds is 5. The van der Waals surface area contributed by atoms with Crippen molar-refractivity contribution in [3.05, 3.63) is 47.3 Å². The zero-order valence-corrected chi connectivity index (χ0v) is 15.9. The molecule has 0 radical (unpaired) electrons. The second-order valence-corrected chi connectivity index (χ2v) is 7.49. The van der Waals surface area contributed by atoms with Gasteiger partial charge < -0.3 is 14.7 Å². The van der Waals surface area contributed by atoms with E-state index in [0.717, 1.165) is 0 Å². The molecule has 0 saturated carbocycles. The van der Waals surface area contributed by atoms with Crippen LogP contribution in [0.25, 0.3) is 10.2 Å². The molecule has 3 aromatic rings. The molecular formula is C18H15F3N4O3S. The van der Waals surface area contributed by atoms with Gasteiger partial charge in [0, 0.05) is 30.4 Å². The van der Waals surface area contributed by atoms with E-state index in [1.54, 1.807) is 6.92 Å². The first kappa shape index (κ1) is 19.2. The number of carboxylic acids is 1. The monoisotopic (exact) mass is 424 g/mol. The third kappa shape index (κ3) is 4.04. The molecule has 11 heteroatoms. The molecule has 1 aliphatic heterocycles. The summed E-state index contributed by atoms with van der Waals surface area (Å²) in [5.74, 6) is -1.53. The van der Waals surface area contributed by atoms with Crippen molar-refractivity contribution in [1.29, 1.82) is 0 Å². The van der Waals surface area contributed by atoms with Crippen molar-refractivity contribution >= 4 is 32.7 Å². The summed E-state index contributed by atoms with van der Waals surface area (Å²) in [6.45, 7) is 3.10. The molecule has 0 fully saturated rings. The van der Waals surface area contributed by atoms with Crippen LogP contribution in [0.3, 0.4) is 0 Å². The van der Waals surface area contributed by atoms with E-state index in [4.69, 9.17) is 5.11 Å². The fraction of sp³-hybridized carbons (Fsp3) is 0.278. The number of aromatic carboxylic acids is 1. The van der Waals surface area contributed by atoms with E-state index in [1.165, 1.54) is 34.2 Å². The number of carbonyl (C=O) groups is 1. The van der Waals surface area contributed by atoms with Crippen molar-refractivity contribution in [2.75, 3.05) is 18.0 Å². The Labute approximate surface area is 166 Å². The Hall–Kier alpha value is -3.08. The Balaban J connectivity index is 1.77. The van der Waals surface area contributed by atoms with E-state index in [2.05, 4.69) is 14.8 Å². The fourth-order valence-electron chi connectivity index (χ4n) is 3.08. The number of hydrogen-bond acceptors (Lipinski definition) is 6. The van der Waals surface area contributed by atoms with Gasteiger partial charge in [-0.2, -0.15) is 5.10 Å². The number of nitrogens with zero attached hydrogens (tertiary/aromatic N) is 4. The van der Waals surface area contributed by atoms with Gasteiger partial charge in [-0.15, -0.1) is 13.2 Å². The highest BCUT2D eigenvalue weighted by atomic mass is 32.1. The van der Waals surface area contributed by atoms with Gasteiger partial charge in [0.2, 0.25) is 0 Å². The predicted molar refractivity (Wildman–Crippen MR) is 101 cm³/mol. The fourth-order valence-corrected chi connectivity index (χ4v) is 4.14. The normalized spacial score (nSPS) is 14.1. The van der Waals surface area contributed by atoms with Crippen molar-refractivity contribution in [1.82, 2.24) is 14.8 Å². The van der Waals surface area contributed by atoms with Crippen LogP contribution in [-0.4, -0.2) is 45.3 Å². The number of halogens is 3. The molecule has 0 atom stereocenters. The first-order valence-electron chi connectivity index (χ1n) is 8.56.